The van der Waals surface area contributed by atoms with E-state index in [1.54, 1.807) is 30.3 Å². The maximum Gasteiger partial charge on any atom is 0.262 e. The van der Waals surface area contributed by atoms with Gasteiger partial charge in [0.15, 0.2) is 11.5 Å². The first-order valence-corrected chi connectivity index (χ1v) is 12.8. The molecule has 4 rings (SSSR count). The molecule has 0 atom stereocenters. The van der Waals surface area contributed by atoms with Crippen LogP contribution in [0, 0.1) is 0 Å². The van der Waals surface area contributed by atoms with Crippen molar-refractivity contribution in [2.24, 2.45) is 0 Å². The molecule has 0 spiro atoms. The first-order valence-electron chi connectivity index (χ1n) is 11.3. The molecule has 0 unspecified atom stereocenters. The van der Waals surface area contributed by atoms with Gasteiger partial charge in [0, 0.05) is 29.4 Å². The third-order valence-electron chi connectivity index (χ3n) is 6.51. The van der Waals surface area contributed by atoms with Gasteiger partial charge in [-0.2, -0.15) is 0 Å². The van der Waals surface area contributed by atoms with Gasteiger partial charge in [-0.05, 0) is 57.3 Å². The Morgan fingerprint density at radius 1 is 1.00 bits per heavy atom. The van der Waals surface area contributed by atoms with E-state index in [0.29, 0.717) is 42.5 Å². The summed E-state index contributed by atoms with van der Waals surface area (Å²) in [5, 5.41) is 3.06. The van der Waals surface area contributed by atoms with Crippen molar-refractivity contribution in [2.75, 3.05) is 38.6 Å². The molecular formula is C24H31N3O5S. The highest BCUT2D eigenvalue weighted by molar-refractivity contribution is 7.92. The van der Waals surface area contributed by atoms with E-state index in [0.717, 1.165) is 25.7 Å². The summed E-state index contributed by atoms with van der Waals surface area (Å²) in [6.45, 7) is 1.37. The van der Waals surface area contributed by atoms with Crippen molar-refractivity contribution < 1.29 is 22.7 Å². The van der Waals surface area contributed by atoms with E-state index in [4.69, 9.17) is 9.47 Å². The van der Waals surface area contributed by atoms with Crippen molar-refractivity contribution in [3.05, 3.63) is 48.0 Å². The zero-order chi connectivity index (χ0) is 23.5. The summed E-state index contributed by atoms with van der Waals surface area (Å²) in [5.41, 5.74) is 0.686. The molecule has 2 aliphatic rings. The fourth-order valence-electron chi connectivity index (χ4n) is 4.47. The fourth-order valence-corrected chi connectivity index (χ4v) is 5.53. The van der Waals surface area contributed by atoms with Gasteiger partial charge in [0.2, 0.25) is 0 Å². The standard InChI is InChI=1S/C24H31N3O5S/c1-27(2)24(11-4-3-5-12-24)17-25-23(28)18-7-6-8-19(15-18)26-33(29,30)20-9-10-21-22(16-20)32-14-13-31-21/h6-10,15-16,26H,3-5,11-14,17H2,1-2H3,(H,25,28). The average Bonchev–Trinajstić information content (AvgIpc) is 2.82. The molecular weight excluding hydrogens is 442 g/mol. The summed E-state index contributed by atoms with van der Waals surface area (Å²) in [6, 6.07) is 11.0. The van der Waals surface area contributed by atoms with Crippen molar-refractivity contribution in [1.82, 2.24) is 10.2 Å². The molecule has 9 heteroatoms. The van der Waals surface area contributed by atoms with Crippen LogP contribution in [-0.2, 0) is 10.0 Å². The second-order valence-electron chi connectivity index (χ2n) is 8.85. The van der Waals surface area contributed by atoms with Crippen LogP contribution in [0.4, 0.5) is 5.69 Å². The van der Waals surface area contributed by atoms with E-state index >= 15 is 0 Å². The lowest BCUT2D eigenvalue weighted by molar-refractivity contribution is 0.0799. The molecule has 0 bridgehead atoms. The molecule has 2 N–H and O–H groups in total. The van der Waals surface area contributed by atoms with Gasteiger partial charge in [-0.1, -0.05) is 25.3 Å². The van der Waals surface area contributed by atoms with Crippen LogP contribution >= 0.6 is 0 Å². The molecule has 1 aliphatic heterocycles. The molecule has 8 nitrogen and oxygen atoms in total. The molecule has 1 amide bonds. The van der Waals surface area contributed by atoms with Gasteiger partial charge in [-0.25, -0.2) is 8.42 Å². The van der Waals surface area contributed by atoms with Gasteiger partial charge in [0.25, 0.3) is 15.9 Å². The van der Waals surface area contributed by atoms with E-state index < -0.39 is 10.0 Å². The highest BCUT2D eigenvalue weighted by atomic mass is 32.2. The Hall–Kier alpha value is -2.78. The van der Waals surface area contributed by atoms with Crippen LogP contribution < -0.4 is 19.5 Å². The molecule has 1 fully saturated rings. The Morgan fingerprint density at radius 3 is 2.45 bits per heavy atom. The average molecular weight is 474 g/mol. The van der Waals surface area contributed by atoms with E-state index in [-0.39, 0.29) is 16.3 Å². The smallest absolute Gasteiger partial charge is 0.262 e. The number of carbonyl (C=O) groups is 1. The van der Waals surface area contributed by atoms with Gasteiger partial charge < -0.3 is 19.7 Å². The zero-order valence-electron chi connectivity index (χ0n) is 19.1. The van der Waals surface area contributed by atoms with Gasteiger partial charge >= 0.3 is 0 Å². The Labute approximate surface area is 195 Å². The maximum absolute atomic E-state index is 12.9. The van der Waals surface area contributed by atoms with Crippen LogP contribution in [0.15, 0.2) is 47.4 Å². The van der Waals surface area contributed by atoms with E-state index in [2.05, 4.69) is 29.0 Å². The number of fused-ring (bicyclic) bond motifs is 1. The van der Waals surface area contributed by atoms with Crippen molar-refractivity contribution in [3.8, 4) is 11.5 Å². The van der Waals surface area contributed by atoms with Crippen molar-refractivity contribution in [1.29, 1.82) is 0 Å². The van der Waals surface area contributed by atoms with Crippen LogP contribution in [-0.4, -0.2) is 58.6 Å². The van der Waals surface area contributed by atoms with Gasteiger partial charge in [-0.15, -0.1) is 0 Å². The molecule has 1 aliphatic carbocycles. The number of benzene rings is 2. The van der Waals surface area contributed by atoms with Crippen LogP contribution in [0.5, 0.6) is 11.5 Å². The number of anilines is 1. The lowest BCUT2D eigenvalue weighted by Crippen LogP contribution is -2.53. The molecule has 178 valence electrons. The van der Waals surface area contributed by atoms with E-state index in [9.17, 15) is 13.2 Å². The van der Waals surface area contributed by atoms with E-state index in [1.165, 1.54) is 18.6 Å². The number of ether oxygens (including phenoxy) is 2. The number of hydrogen-bond donors (Lipinski definition) is 2. The number of sulfonamides is 1. The van der Waals surface area contributed by atoms with E-state index in [1.807, 2.05) is 0 Å². The minimum absolute atomic E-state index is 0.0364. The summed E-state index contributed by atoms with van der Waals surface area (Å²) in [7, 11) is 0.257. The van der Waals surface area contributed by atoms with Crippen molar-refractivity contribution in [3.63, 3.8) is 0 Å². The van der Waals surface area contributed by atoms with Crippen LogP contribution in [0.25, 0.3) is 0 Å². The fraction of sp³-hybridized carbons (Fsp3) is 0.458. The highest BCUT2D eigenvalue weighted by Gasteiger charge is 2.34. The molecule has 0 saturated heterocycles. The number of amides is 1. The lowest BCUT2D eigenvalue weighted by Gasteiger charge is -2.43. The Balaban J connectivity index is 1.45. The summed E-state index contributed by atoms with van der Waals surface area (Å²) in [5.74, 6) is 0.698. The molecule has 1 saturated carbocycles. The Bertz CT molecular complexity index is 1110. The topological polar surface area (TPSA) is 97.0 Å². The van der Waals surface area contributed by atoms with Crippen LogP contribution in [0.1, 0.15) is 42.5 Å². The predicted octanol–water partition coefficient (Wildman–Crippen LogP) is 3.25. The number of likely N-dealkylation sites (N-methyl/N-ethyl adjacent to an activating group) is 1. The van der Waals surface area contributed by atoms with Crippen LogP contribution in [0.2, 0.25) is 0 Å². The highest BCUT2D eigenvalue weighted by Crippen LogP contribution is 2.33. The van der Waals surface area contributed by atoms with Gasteiger partial charge in [-0.3, -0.25) is 9.52 Å². The second kappa shape index (κ2) is 9.61. The zero-order valence-corrected chi connectivity index (χ0v) is 19.9. The van der Waals surface area contributed by atoms with Gasteiger partial charge in [0.05, 0.1) is 4.90 Å². The lowest BCUT2D eigenvalue weighted by atomic mass is 9.80. The Morgan fingerprint density at radius 2 is 1.73 bits per heavy atom. The normalized spacial score (nSPS) is 17.4. The molecule has 2 aromatic rings. The minimum atomic E-state index is -3.86. The molecule has 33 heavy (non-hydrogen) atoms. The summed E-state index contributed by atoms with van der Waals surface area (Å²) < 4.78 is 39.3. The monoisotopic (exact) mass is 473 g/mol. The number of nitrogens with one attached hydrogen (secondary N) is 2. The van der Waals surface area contributed by atoms with Gasteiger partial charge in [0.1, 0.15) is 13.2 Å². The first-order chi connectivity index (χ1) is 15.8. The van der Waals surface area contributed by atoms with Crippen LogP contribution in [0.3, 0.4) is 0 Å². The molecule has 0 radical (unpaired) electrons. The number of carbonyl (C=O) groups excluding carboxylic acids is 1. The SMILES string of the molecule is CN(C)C1(CNC(=O)c2cccc(NS(=O)(=O)c3ccc4c(c3)OCCO4)c2)CCCCC1. The summed E-state index contributed by atoms with van der Waals surface area (Å²) in [6.07, 6.45) is 5.65. The Kier molecular flexibility index (Phi) is 6.81. The molecule has 2 aromatic carbocycles. The summed E-state index contributed by atoms with van der Waals surface area (Å²) in [4.78, 5) is 15.1. The quantitative estimate of drug-likeness (QED) is 0.641. The van der Waals surface area contributed by atoms with Crippen molar-refractivity contribution >= 4 is 21.6 Å². The number of rotatable bonds is 7. The minimum Gasteiger partial charge on any atom is -0.486 e. The second-order valence-corrected chi connectivity index (χ2v) is 10.5. The third kappa shape index (κ3) is 5.25. The number of nitrogens with zero attached hydrogens (tertiary/aromatic N) is 1. The third-order valence-corrected chi connectivity index (χ3v) is 7.89. The maximum atomic E-state index is 12.9. The molecule has 0 aromatic heterocycles. The largest absolute Gasteiger partial charge is 0.486 e. The van der Waals surface area contributed by atoms with Crippen molar-refractivity contribution in [2.45, 2.75) is 42.5 Å². The predicted molar refractivity (Wildman–Crippen MR) is 127 cm³/mol. The number of hydrogen-bond acceptors (Lipinski definition) is 6. The molecule has 1 heterocycles. The summed E-state index contributed by atoms with van der Waals surface area (Å²) >= 11 is 0. The first kappa shape index (κ1) is 23.4.